The minimum Gasteiger partial charge on any atom is -0.487 e. The van der Waals surface area contributed by atoms with Gasteiger partial charge in [0, 0.05) is 30.7 Å². The summed E-state index contributed by atoms with van der Waals surface area (Å²) >= 11 is 0. The molecule has 8 heteroatoms. The molecule has 0 unspecified atom stereocenters. The molecule has 162 valence electrons. The first-order valence-electron chi connectivity index (χ1n) is 10.5. The lowest BCUT2D eigenvalue weighted by Crippen LogP contribution is -2.39. The third kappa shape index (κ3) is 3.56. The molecule has 1 amide bonds. The number of aryl methyl sites for hydroxylation is 2. The van der Waals surface area contributed by atoms with Gasteiger partial charge in [-0.1, -0.05) is 0 Å². The van der Waals surface area contributed by atoms with E-state index in [9.17, 15) is 9.59 Å². The van der Waals surface area contributed by atoms with Crippen molar-refractivity contribution in [2.75, 3.05) is 13.2 Å². The van der Waals surface area contributed by atoms with Gasteiger partial charge >= 0.3 is 5.63 Å². The Labute approximate surface area is 179 Å². The Morgan fingerprint density at radius 3 is 3.00 bits per heavy atom. The molecule has 0 fully saturated rings. The van der Waals surface area contributed by atoms with Gasteiger partial charge in [0.05, 0.1) is 29.6 Å². The maximum absolute atomic E-state index is 12.8. The van der Waals surface area contributed by atoms with E-state index in [4.69, 9.17) is 13.9 Å². The molecule has 2 aliphatic heterocycles. The van der Waals surface area contributed by atoms with E-state index in [1.165, 1.54) is 6.07 Å². The minimum atomic E-state index is -0.408. The smallest absolute Gasteiger partial charge is 0.336 e. The monoisotopic (exact) mass is 423 g/mol. The average Bonchev–Trinajstić information content (AvgIpc) is 3.18. The van der Waals surface area contributed by atoms with Gasteiger partial charge in [0.2, 0.25) is 0 Å². The molecule has 2 aliphatic rings. The molecule has 4 heterocycles. The van der Waals surface area contributed by atoms with Crippen LogP contribution in [0.3, 0.4) is 0 Å². The number of aromatic amines is 1. The van der Waals surface area contributed by atoms with Crippen LogP contribution in [0.15, 0.2) is 27.7 Å². The first-order valence-corrected chi connectivity index (χ1v) is 10.5. The second-order valence-electron chi connectivity index (χ2n) is 8.85. The van der Waals surface area contributed by atoms with Crippen LogP contribution in [-0.2, 0) is 24.2 Å². The normalized spacial score (nSPS) is 17.1. The van der Waals surface area contributed by atoms with Crippen LogP contribution in [0.25, 0.3) is 11.0 Å². The highest BCUT2D eigenvalue weighted by atomic mass is 16.5. The predicted octanol–water partition coefficient (Wildman–Crippen LogP) is 2.89. The molecule has 0 bridgehead atoms. The lowest BCUT2D eigenvalue weighted by atomic mass is 9.92. The van der Waals surface area contributed by atoms with E-state index in [0.29, 0.717) is 35.6 Å². The number of benzene rings is 1. The number of hydrogen-bond acceptors (Lipinski definition) is 6. The quantitative estimate of drug-likeness (QED) is 0.651. The zero-order valence-corrected chi connectivity index (χ0v) is 17.9. The Morgan fingerprint density at radius 2 is 2.16 bits per heavy atom. The highest BCUT2D eigenvalue weighted by Crippen LogP contribution is 2.42. The van der Waals surface area contributed by atoms with Crippen molar-refractivity contribution in [1.82, 2.24) is 14.9 Å². The zero-order chi connectivity index (χ0) is 21.8. The highest BCUT2D eigenvalue weighted by Gasteiger charge is 2.31. The molecule has 0 saturated heterocycles. The Hall–Kier alpha value is -3.29. The molecule has 0 radical (unpaired) electrons. The number of aromatic nitrogens is 2. The summed E-state index contributed by atoms with van der Waals surface area (Å²) in [5, 5.41) is 0.712. The summed E-state index contributed by atoms with van der Waals surface area (Å²) in [7, 11) is 0. The molecule has 2 aromatic heterocycles. The van der Waals surface area contributed by atoms with E-state index in [1.807, 2.05) is 26.8 Å². The van der Waals surface area contributed by atoms with Crippen molar-refractivity contribution >= 4 is 16.9 Å². The van der Waals surface area contributed by atoms with Gasteiger partial charge in [-0.25, -0.2) is 9.78 Å². The first kappa shape index (κ1) is 19.7. The van der Waals surface area contributed by atoms with Crippen LogP contribution in [0.2, 0.25) is 0 Å². The SMILES string of the molecule is Cc1cc(=O)oc2c3c(cc(OCC(=O)N4CCc5nc[nH]c5C4)c12)OC(C)(C)CC3. The van der Waals surface area contributed by atoms with Crippen molar-refractivity contribution < 1.29 is 18.7 Å². The fourth-order valence-corrected chi connectivity index (χ4v) is 4.39. The summed E-state index contributed by atoms with van der Waals surface area (Å²) in [6, 6.07) is 3.27. The van der Waals surface area contributed by atoms with Crippen LogP contribution in [0.1, 0.15) is 42.8 Å². The fraction of sp³-hybridized carbons (Fsp3) is 0.435. The number of carbonyl (C=O) groups excluding carboxylic acids is 1. The maximum atomic E-state index is 12.8. The van der Waals surface area contributed by atoms with E-state index in [-0.39, 0.29) is 18.1 Å². The predicted molar refractivity (Wildman–Crippen MR) is 113 cm³/mol. The molecule has 1 N–H and O–H groups in total. The standard InChI is InChI=1S/C23H25N3O5/c1-13-8-20(28)30-22-14-4-6-23(2,3)31-17(14)9-18(21(13)22)29-11-19(27)26-7-5-15-16(10-26)25-12-24-15/h8-9,12H,4-7,10-11H2,1-3H3,(H,24,25). The van der Waals surface area contributed by atoms with Crippen LogP contribution in [-0.4, -0.2) is 39.5 Å². The summed E-state index contributed by atoms with van der Waals surface area (Å²) in [6.45, 7) is 6.88. The second-order valence-corrected chi connectivity index (χ2v) is 8.85. The van der Waals surface area contributed by atoms with Crippen molar-refractivity contribution in [3.05, 3.63) is 51.4 Å². The molecule has 0 aliphatic carbocycles. The van der Waals surface area contributed by atoms with Crippen LogP contribution in [0.5, 0.6) is 11.5 Å². The van der Waals surface area contributed by atoms with Gasteiger partial charge in [-0.05, 0) is 39.2 Å². The molecule has 3 aromatic rings. The van der Waals surface area contributed by atoms with Gasteiger partial charge in [-0.15, -0.1) is 0 Å². The second kappa shape index (κ2) is 7.14. The Kier molecular flexibility index (Phi) is 4.53. The van der Waals surface area contributed by atoms with Gasteiger partial charge in [0.15, 0.2) is 6.61 Å². The number of imidazole rings is 1. The lowest BCUT2D eigenvalue weighted by molar-refractivity contribution is -0.134. The maximum Gasteiger partial charge on any atom is 0.336 e. The number of nitrogens with zero attached hydrogens (tertiary/aromatic N) is 2. The molecule has 0 atom stereocenters. The number of carbonyl (C=O) groups is 1. The van der Waals surface area contributed by atoms with E-state index in [0.717, 1.165) is 41.8 Å². The number of fused-ring (bicyclic) bond motifs is 4. The summed E-state index contributed by atoms with van der Waals surface area (Å²) in [4.78, 5) is 34.0. The van der Waals surface area contributed by atoms with Crippen molar-refractivity contribution in [2.45, 2.75) is 52.2 Å². The van der Waals surface area contributed by atoms with E-state index in [2.05, 4.69) is 9.97 Å². The van der Waals surface area contributed by atoms with E-state index >= 15 is 0 Å². The number of rotatable bonds is 3. The molecule has 31 heavy (non-hydrogen) atoms. The van der Waals surface area contributed by atoms with Gasteiger partial charge in [0.25, 0.3) is 5.91 Å². The van der Waals surface area contributed by atoms with Gasteiger partial charge in [-0.2, -0.15) is 0 Å². The van der Waals surface area contributed by atoms with E-state index < -0.39 is 5.63 Å². The topological polar surface area (TPSA) is 97.7 Å². The Balaban J connectivity index is 1.45. The largest absolute Gasteiger partial charge is 0.487 e. The van der Waals surface area contributed by atoms with Gasteiger partial charge < -0.3 is 23.8 Å². The molecule has 8 nitrogen and oxygen atoms in total. The molecule has 0 spiro atoms. The Bertz CT molecular complexity index is 1240. The lowest BCUT2D eigenvalue weighted by Gasteiger charge is -2.33. The fourth-order valence-electron chi connectivity index (χ4n) is 4.39. The summed E-state index contributed by atoms with van der Waals surface area (Å²) < 4.78 is 17.7. The van der Waals surface area contributed by atoms with E-state index in [1.54, 1.807) is 11.2 Å². The van der Waals surface area contributed by atoms with Gasteiger partial charge in [0.1, 0.15) is 22.7 Å². The van der Waals surface area contributed by atoms with Crippen LogP contribution < -0.4 is 15.1 Å². The molecule has 0 saturated carbocycles. The van der Waals surface area contributed by atoms with Crippen molar-refractivity contribution in [3.8, 4) is 11.5 Å². The van der Waals surface area contributed by atoms with Crippen LogP contribution >= 0.6 is 0 Å². The molecule has 1 aromatic carbocycles. The number of hydrogen-bond donors (Lipinski definition) is 1. The third-order valence-corrected chi connectivity index (χ3v) is 6.08. The Morgan fingerprint density at radius 1 is 1.32 bits per heavy atom. The number of nitrogens with one attached hydrogen (secondary N) is 1. The average molecular weight is 423 g/mol. The molecule has 5 rings (SSSR count). The van der Waals surface area contributed by atoms with Crippen molar-refractivity contribution in [1.29, 1.82) is 0 Å². The van der Waals surface area contributed by atoms with Crippen molar-refractivity contribution in [2.24, 2.45) is 0 Å². The minimum absolute atomic E-state index is 0.109. The number of amides is 1. The first-order chi connectivity index (χ1) is 14.8. The zero-order valence-electron chi connectivity index (χ0n) is 17.9. The summed E-state index contributed by atoms with van der Waals surface area (Å²) in [5.41, 5.74) is 3.35. The number of H-pyrrole nitrogens is 1. The van der Waals surface area contributed by atoms with Crippen LogP contribution in [0, 0.1) is 6.92 Å². The summed E-state index contributed by atoms with van der Waals surface area (Å²) in [6.07, 6.45) is 3.94. The summed E-state index contributed by atoms with van der Waals surface area (Å²) in [5.74, 6) is 1.02. The van der Waals surface area contributed by atoms with Crippen molar-refractivity contribution in [3.63, 3.8) is 0 Å². The molecular weight excluding hydrogens is 398 g/mol. The van der Waals surface area contributed by atoms with Crippen LogP contribution in [0.4, 0.5) is 0 Å². The molecular formula is C23H25N3O5. The number of ether oxygens (including phenoxy) is 2. The highest BCUT2D eigenvalue weighted by molar-refractivity contribution is 5.91. The van der Waals surface area contributed by atoms with Gasteiger partial charge in [-0.3, -0.25) is 4.79 Å². The third-order valence-electron chi connectivity index (χ3n) is 6.08.